The Balaban J connectivity index is 1.85. The summed E-state index contributed by atoms with van der Waals surface area (Å²) >= 11 is 0. The molecule has 30 heavy (non-hydrogen) atoms. The van der Waals surface area contributed by atoms with Crippen LogP contribution < -0.4 is 0 Å². The molecule has 3 rings (SSSR count). The second-order valence-electron chi connectivity index (χ2n) is 6.38. The summed E-state index contributed by atoms with van der Waals surface area (Å²) < 4.78 is 32.3. The van der Waals surface area contributed by atoms with E-state index in [1.807, 2.05) is 24.3 Å². The fourth-order valence-corrected chi connectivity index (χ4v) is 3.33. The Morgan fingerprint density at radius 2 is 1.47 bits per heavy atom. The molecule has 0 bridgehead atoms. The van der Waals surface area contributed by atoms with Crippen molar-refractivity contribution in [1.29, 1.82) is 0 Å². The Labute approximate surface area is 172 Å². The molecule has 0 unspecified atom stereocenters. The summed E-state index contributed by atoms with van der Waals surface area (Å²) in [5, 5.41) is 9.55. The predicted octanol–water partition coefficient (Wildman–Crippen LogP) is 2.03. The minimum atomic E-state index is -4.97. The van der Waals surface area contributed by atoms with Gasteiger partial charge in [0.1, 0.15) is 19.3 Å². The number of phosphoric ester groups is 1. The molecule has 160 valence electrons. The lowest BCUT2D eigenvalue weighted by atomic mass is 10.1. The zero-order valence-electron chi connectivity index (χ0n) is 15.8. The molecule has 1 aliphatic rings. The van der Waals surface area contributed by atoms with Crippen molar-refractivity contribution in [1.82, 2.24) is 0 Å². The Kier molecular flexibility index (Phi) is 7.25. The molecule has 2 atom stereocenters. The first kappa shape index (κ1) is 22.0. The van der Waals surface area contributed by atoms with Gasteiger partial charge in [0.05, 0.1) is 6.61 Å². The second kappa shape index (κ2) is 9.88. The number of rotatable bonds is 10. The van der Waals surface area contributed by atoms with Crippen molar-refractivity contribution in [3.05, 3.63) is 83.3 Å². The van der Waals surface area contributed by atoms with Crippen molar-refractivity contribution in [3.8, 4) is 0 Å². The maximum absolute atomic E-state index is 12.4. The van der Waals surface area contributed by atoms with E-state index in [9.17, 15) is 14.5 Å². The molecular formula is C20H21O9P. The van der Waals surface area contributed by atoms with Gasteiger partial charge in [-0.15, -0.1) is 0 Å². The van der Waals surface area contributed by atoms with Gasteiger partial charge in [-0.3, -0.25) is 4.52 Å². The number of aliphatic hydroxyl groups is 1. The molecule has 1 heterocycles. The fraction of sp³-hybridized carbons (Fsp3) is 0.250. The van der Waals surface area contributed by atoms with Crippen molar-refractivity contribution in [3.63, 3.8) is 0 Å². The minimum absolute atomic E-state index is 0.0373. The molecule has 9 nitrogen and oxygen atoms in total. The fourth-order valence-electron chi connectivity index (χ4n) is 2.80. The zero-order chi connectivity index (χ0) is 21.6. The van der Waals surface area contributed by atoms with E-state index in [1.165, 1.54) is 0 Å². The molecule has 0 spiro atoms. The van der Waals surface area contributed by atoms with Gasteiger partial charge >= 0.3 is 13.8 Å². The Bertz CT molecular complexity index is 924. The van der Waals surface area contributed by atoms with Gasteiger partial charge < -0.3 is 29.1 Å². The van der Waals surface area contributed by atoms with Crippen LogP contribution in [0.4, 0.5) is 0 Å². The van der Waals surface area contributed by atoms with Gasteiger partial charge in [-0.25, -0.2) is 9.36 Å². The largest absolute Gasteiger partial charge is 0.485 e. The first-order chi connectivity index (χ1) is 14.4. The lowest BCUT2D eigenvalue weighted by Crippen LogP contribution is -2.34. The molecule has 2 aromatic carbocycles. The van der Waals surface area contributed by atoms with Crippen LogP contribution in [-0.2, 0) is 41.3 Å². The van der Waals surface area contributed by atoms with Crippen molar-refractivity contribution >= 4 is 13.8 Å². The van der Waals surface area contributed by atoms with Crippen LogP contribution in [0.1, 0.15) is 11.1 Å². The normalized spacial score (nSPS) is 17.6. The molecule has 0 aromatic heterocycles. The van der Waals surface area contributed by atoms with E-state index in [-0.39, 0.29) is 24.7 Å². The molecular weight excluding hydrogens is 415 g/mol. The standard InChI is InChI=1S/C20H21O9P/c21-11-16(29-30(23,24)25)17-18(26-12-14-7-3-1-4-8-14)19(20(22)28-17)27-13-15-9-5-2-6-10-15/h1-10,16-17,21H,11-13H2,(H2,23,24,25)/t16-,17-/m1/s1. The summed E-state index contributed by atoms with van der Waals surface area (Å²) in [6.45, 7) is -0.748. The topological polar surface area (TPSA) is 132 Å². The first-order valence-electron chi connectivity index (χ1n) is 9.01. The predicted molar refractivity (Wildman–Crippen MR) is 103 cm³/mol. The number of cyclic esters (lactones) is 1. The van der Waals surface area contributed by atoms with Gasteiger partial charge in [-0.2, -0.15) is 0 Å². The third-order valence-corrected chi connectivity index (χ3v) is 4.70. The van der Waals surface area contributed by atoms with Crippen molar-refractivity contribution < 1.29 is 43.0 Å². The number of esters is 1. The third kappa shape index (κ3) is 5.91. The highest BCUT2D eigenvalue weighted by Gasteiger charge is 2.45. The van der Waals surface area contributed by atoms with Crippen molar-refractivity contribution in [2.45, 2.75) is 25.4 Å². The molecule has 10 heteroatoms. The van der Waals surface area contributed by atoms with Gasteiger partial charge in [0, 0.05) is 0 Å². The zero-order valence-corrected chi connectivity index (χ0v) is 16.7. The highest BCUT2D eigenvalue weighted by atomic mass is 31.2. The highest BCUT2D eigenvalue weighted by Crippen LogP contribution is 2.41. The van der Waals surface area contributed by atoms with Crippen LogP contribution in [0.5, 0.6) is 0 Å². The highest BCUT2D eigenvalue weighted by molar-refractivity contribution is 7.46. The Morgan fingerprint density at radius 3 is 1.97 bits per heavy atom. The summed E-state index contributed by atoms with van der Waals surface area (Å²) in [6, 6.07) is 18.1. The van der Waals surface area contributed by atoms with E-state index in [4.69, 9.17) is 24.0 Å². The third-order valence-electron chi connectivity index (χ3n) is 4.16. The number of hydrogen-bond acceptors (Lipinski definition) is 7. The maximum Gasteiger partial charge on any atom is 0.470 e. The van der Waals surface area contributed by atoms with Crippen LogP contribution in [0.25, 0.3) is 0 Å². The summed E-state index contributed by atoms with van der Waals surface area (Å²) in [5.41, 5.74) is 1.57. The van der Waals surface area contributed by atoms with Crippen LogP contribution in [0.3, 0.4) is 0 Å². The number of ether oxygens (including phenoxy) is 3. The summed E-state index contributed by atoms with van der Waals surface area (Å²) in [5.74, 6) is -1.23. The van der Waals surface area contributed by atoms with Gasteiger partial charge in [0.25, 0.3) is 0 Å². The second-order valence-corrected chi connectivity index (χ2v) is 7.58. The SMILES string of the molecule is O=C1O[C@H]([C@@H](CO)OP(=O)(O)O)C(OCc2ccccc2)=C1OCc1ccccc1. The van der Waals surface area contributed by atoms with Gasteiger partial charge in [-0.05, 0) is 11.1 Å². The lowest BCUT2D eigenvalue weighted by Gasteiger charge is -2.23. The summed E-state index contributed by atoms with van der Waals surface area (Å²) in [4.78, 5) is 30.6. The molecule has 2 aromatic rings. The quantitative estimate of drug-likeness (QED) is 0.378. The van der Waals surface area contributed by atoms with E-state index in [1.54, 1.807) is 36.4 Å². The van der Waals surface area contributed by atoms with Crippen LogP contribution in [-0.4, -0.2) is 39.7 Å². The van der Waals surface area contributed by atoms with Crippen LogP contribution >= 0.6 is 7.82 Å². The van der Waals surface area contributed by atoms with Crippen molar-refractivity contribution in [2.75, 3.05) is 6.61 Å². The molecule has 0 aliphatic carbocycles. The van der Waals surface area contributed by atoms with Gasteiger partial charge in [0.15, 0.2) is 11.9 Å². The molecule has 0 radical (unpaired) electrons. The van der Waals surface area contributed by atoms with Crippen LogP contribution in [0, 0.1) is 0 Å². The summed E-state index contributed by atoms with van der Waals surface area (Å²) in [7, 11) is -4.97. The lowest BCUT2D eigenvalue weighted by molar-refractivity contribution is -0.148. The molecule has 0 saturated carbocycles. The van der Waals surface area contributed by atoms with Gasteiger partial charge in [0.2, 0.25) is 5.76 Å². The average molecular weight is 436 g/mol. The number of benzene rings is 2. The number of carbonyl (C=O) groups excluding carboxylic acids is 1. The van der Waals surface area contributed by atoms with Crippen molar-refractivity contribution in [2.24, 2.45) is 0 Å². The van der Waals surface area contributed by atoms with Gasteiger partial charge in [-0.1, -0.05) is 60.7 Å². The number of phosphoric acid groups is 1. The molecule has 0 fully saturated rings. The molecule has 0 saturated heterocycles. The van der Waals surface area contributed by atoms with E-state index < -0.39 is 32.6 Å². The molecule has 0 amide bonds. The summed E-state index contributed by atoms with van der Waals surface area (Å²) in [6.07, 6.45) is -2.93. The number of aliphatic hydroxyl groups excluding tert-OH is 1. The number of carbonyl (C=O) groups is 1. The molecule has 1 aliphatic heterocycles. The van der Waals surface area contributed by atoms with E-state index in [0.717, 1.165) is 11.1 Å². The maximum atomic E-state index is 12.4. The smallest absolute Gasteiger partial charge is 0.470 e. The first-order valence-corrected chi connectivity index (χ1v) is 10.5. The van der Waals surface area contributed by atoms with Crippen LogP contribution in [0.15, 0.2) is 72.2 Å². The van der Waals surface area contributed by atoms with E-state index in [0.29, 0.717) is 0 Å². The monoisotopic (exact) mass is 436 g/mol. The Morgan fingerprint density at radius 1 is 0.933 bits per heavy atom. The molecule has 3 N–H and O–H groups in total. The Hall–Kier alpha value is -2.68. The van der Waals surface area contributed by atoms with E-state index >= 15 is 0 Å². The minimum Gasteiger partial charge on any atom is -0.485 e. The van der Waals surface area contributed by atoms with Crippen LogP contribution in [0.2, 0.25) is 0 Å². The number of hydrogen-bond donors (Lipinski definition) is 3. The average Bonchev–Trinajstić information content (AvgIpc) is 3.05. The van der Waals surface area contributed by atoms with E-state index in [2.05, 4.69) is 4.52 Å².